The number of rotatable bonds is 2. The number of halogens is 1. The largest absolute Gasteiger partial charge is 0.392 e. The molecular weight excluding hydrogens is 238 g/mol. The standard InChI is InChI=1S/C9H8ClNO3S/c1-6-2-8(5-12)7(4-11)3-9(6)15(10,13)14/h2-3,12H,5H2,1H3. The first-order valence-corrected chi connectivity index (χ1v) is 6.30. The molecule has 0 radical (unpaired) electrons. The van der Waals surface area contributed by atoms with Gasteiger partial charge >= 0.3 is 0 Å². The minimum atomic E-state index is -3.85. The molecule has 6 heteroatoms. The number of nitriles is 1. The van der Waals surface area contributed by atoms with E-state index < -0.39 is 9.05 Å². The van der Waals surface area contributed by atoms with Gasteiger partial charge in [-0.1, -0.05) is 6.07 Å². The predicted octanol–water partition coefficient (Wildman–Crippen LogP) is 1.29. The Morgan fingerprint density at radius 3 is 2.53 bits per heavy atom. The molecule has 0 bridgehead atoms. The summed E-state index contributed by atoms with van der Waals surface area (Å²) in [5.74, 6) is 0. The van der Waals surface area contributed by atoms with Crippen molar-refractivity contribution in [2.75, 3.05) is 0 Å². The zero-order chi connectivity index (χ0) is 11.6. The van der Waals surface area contributed by atoms with Crippen LogP contribution in [0.5, 0.6) is 0 Å². The van der Waals surface area contributed by atoms with Gasteiger partial charge in [0.2, 0.25) is 0 Å². The van der Waals surface area contributed by atoms with Gasteiger partial charge < -0.3 is 5.11 Å². The lowest BCUT2D eigenvalue weighted by Gasteiger charge is -2.06. The summed E-state index contributed by atoms with van der Waals surface area (Å²) >= 11 is 0. The van der Waals surface area contributed by atoms with E-state index in [9.17, 15) is 8.42 Å². The van der Waals surface area contributed by atoms with Crippen LogP contribution in [0.25, 0.3) is 0 Å². The molecule has 0 saturated carbocycles. The van der Waals surface area contributed by atoms with E-state index in [1.54, 1.807) is 13.0 Å². The van der Waals surface area contributed by atoms with Crippen molar-refractivity contribution in [3.8, 4) is 6.07 Å². The van der Waals surface area contributed by atoms with Crippen LogP contribution in [0, 0.1) is 18.3 Å². The summed E-state index contributed by atoms with van der Waals surface area (Å²) in [5.41, 5.74) is 0.912. The van der Waals surface area contributed by atoms with Crippen LogP contribution < -0.4 is 0 Å². The Morgan fingerprint density at radius 1 is 1.53 bits per heavy atom. The van der Waals surface area contributed by atoms with Crippen molar-refractivity contribution in [1.82, 2.24) is 0 Å². The summed E-state index contributed by atoms with van der Waals surface area (Å²) in [6, 6.07) is 4.41. The first-order chi connectivity index (χ1) is 6.90. The van der Waals surface area contributed by atoms with Crippen molar-refractivity contribution < 1.29 is 13.5 Å². The lowest BCUT2D eigenvalue weighted by atomic mass is 10.1. The van der Waals surface area contributed by atoms with Crippen molar-refractivity contribution >= 4 is 19.7 Å². The zero-order valence-corrected chi connectivity index (χ0v) is 9.43. The van der Waals surface area contributed by atoms with E-state index in [1.165, 1.54) is 12.1 Å². The van der Waals surface area contributed by atoms with Gasteiger partial charge in [-0.05, 0) is 24.1 Å². The van der Waals surface area contributed by atoms with Crippen LogP contribution in [0.2, 0.25) is 0 Å². The fourth-order valence-corrected chi connectivity index (χ4v) is 2.45. The van der Waals surface area contributed by atoms with E-state index in [0.29, 0.717) is 11.1 Å². The van der Waals surface area contributed by atoms with Crippen molar-refractivity contribution in [3.63, 3.8) is 0 Å². The SMILES string of the molecule is Cc1cc(CO)c(C#N)cc1S(=O)(=O)Cl. The molecule has 0 aliphatic rings. The number of aliphatic hydroxyl groups is 1. The highest BCUT2D eigenvalue weighted by atomic mass is 35.7. The van der Waals surface area contributed by atoms with Crippen molar-refractivity contribution in [2.24, 2.45) is 0 Å². The van der Waals surface area contributed by atoms with E-state index in [4.69, 9.17) is 21.1 Å². The van der Waals surface area contributed by atoms with Crippen LogP contribution in [0.4, 0.5) is 0 Å². The Bertz CT molecular complexity index is 531. The molecule has 0 aliphatic carbocycles. The molecule has 0 aromatic heterocycles. The first-order valence-electron chi connectivity index (χ1n) is 3.99. The number of hydrogen-bond acceptors (Lipinski definition) is 4. The van der Waals surface area contributed by atoms with Crippen LogP contribution in [0.3, 0.4) is 0 Å². The second-order valence-electron chi connectivity index (χ2n) is 2.98. The van der Waals surface area contributed by atoms with E-state index in [0.717, 1.165) is 0 Å². The molecule has 1 aromatic rings. The van der Waals surface area contributed by atoms with Gasteiger partial charge in [0.15, 0.2) is 0 Å². The number of aliphatic hydroxyl groups excluding tert-OH is 1. The smallest absolute Gasteiger partial charge is 0.261 e. The molecule has 0 unspecified atom stereocenters. The van der Waals surface area contributed by atoms with E-state index in [2.05, 4.69) is 0 Å². The van der Waals surface area contributed by atoms with Crippen molar-refractivity contribution in [2.45, 2.75) is 18.4 Å². The Labute approximate surface area is 92.1 Å². The number of nitrogens with zero attached hydrogens (tertiary/aromatic N) is 1. The number of aryl methyl sites for hydroxylation is 1. The Morgan fingerprint density at radius 2 is 2.13 bits per heavy atom. The fraction of sp³-hybridized carbons (Fsp3) is 0.222. The molecule has 15 heavy (non-hydrogen) atoms. The van der Waals surface area contributed by atoms with Crippen LogP contribution in [-0.2, 0) is 15.7 Å². The van der Waals surface area contributed by atoms with Gasteiger partial charge in [0, 0.05) is 10.7 Å². The summed E-state index contributed by atoms with van der Waals surface area (Å²) in [6.07, 6.45) is 0. The summed E-state index contributed by atoms with van der Waals surface area (Å²) in [5, 5.41) is 17.7. The molecule has 1 aromatic carbocycles. The highest BCUT2D eigenvalue weighted by molar-refractivity contribution is 8.13. The summed E-state index contributed by atoms with van der Waals surface area (Å²) in [6.45, 7) is 1.24. The molecule has 0 spiro atoms. The maximum Gasteiger partial charge on any atom is 0.261 e. The predicted molar refractivity (Wildman–Crippen MR) is 54.9 cm³/mol. The fourth-order valence-electron chi connectivity index (χ4n) is 1.25. The highest BCUT2D eigenvalue weighted by Gasteiger charge is 2.16. The molecule has 1 N–H and O–H groups in total. The second-order valence-corrected chi connectivity index (χ2v) is 5.52. The van der Waals surface area contributed by atoms with Crippen LogP contribution in [0.15, 0.2) is 17.0 Å². The monoisotopic (exact) mass is 245 g/mol. The van der Waals surface area contributed by atoms with E-state index >= 15 is 0 Å². The summed E-state index contributed by atoms with van der Waals surface area (Å²) < 4.78 is 22.2. The maximum absolute atomic E-state index is 11.1. The molecule has 1 rings (SSSR count). The van der Waals surface area contributed by atoms with Crippen molar-refractivity contribution in [3.05, 3.63) is 28.8 Å². The molecular formula is C9H8ClNO3S. The zero-order valence-electron chi connectivity index (χ0n) is 7.86. The van der Waals surface area contributed by atoms with Gasteiger partial charge in [-0.15, -0.1) is 0 Å². The number of benzene rings is 1. The lowest BCUT2D eigenvalue weighted by Crippen LogP contribution is -1.99. The normalized spacial score (nSPS) is 11.1. The molecule has 0 fully saturated rings. The molecule has 0 atom stereocenters. The van der Waals surface area contributed by atoms with Gasteiger partial charge in [-0.25, -0.2) is 8.42 Å². The Hall–Kier alpha value is -1.09. The topological polar surface area (TPSA) is 78.2 Å². The molecule has 0 saturated heterocycles. The first kappa shape index (κ1) is 12.0. The Balaban J connectivity index is 3.55. The average Bonchev–Trinajstić information content (AvgIpc) is 2.15. The van der Waals surface area contributed by atoms with Gasteiger partial charge in [-0.2, -0.15) is 5.26 Å². The lowest BCUT2D eigenvalue weighted by molar-refractivity contribution is 0.281. The molecule has 80 valence electrons. The minimum Gasteiger partial charge on any atom is -0.392 e. The second kappa shape index (κ2) is 4.19. The molecule has 0 amide bonds. The van der Waals surface area contributed by atoms with Gasteiger partial charge in [0.25, 0.3) is 9.05 Å². The summed E-state index contributed by atoms with van der Waals surface area (Å²) in [4.78, 5) is -0.0992. The van der Waals surface area contributed by atoms with Crippen LogP contribution >= 0.6 is 10.7 Å². The van der Waals surface area contributed by atoms with Gasteiger partial charge in [-0.3, -0.25) is 0 Å². The minimum absolute atomic E-state index is 0.0992. The Kier molecular flexibility index (Phi) is 3.35. The third kappa shape index (κ3) is 2.48. The molecule has 0 heterocycles. The average molecular weight is 246 g/mol. The van der Waals surface area contributed by atoms with Crippen molar-refractivity contribution in [1.29, 1.82) is 5.26 Å². The third-order valence-corrected chi connectivity index (χ3v) is 3.42. The third-order valence-electron chi connectivity index (χ3n) is 1.95. The van der Waals surface area contributed by atoms with Crippen LogP contribution in [0.1, 0.15) is 16.7 Å². The van der Waals surface area contributed by atoms with Crippen LogP contribution in [-0.4, -0.2) is 13.5 Å². The molecule has 4 nitrogen and oxygen atoms in total. The van der Waals surface area contributed by atoms with E-state index in [1.807, 2.05) is 0 Å². The number of hydrogen-bond donors (Lipinski definition) is 1. The maximum atomic E-state index is 11.1. The molecule has 0 aliphatic heterocycles. The summed E-state index contributed by atoms with van der Waals surface area (Å²) in [7, 11) is 1.34. The highest BCUT2D eigenvalue weighted by Crippen LogP contribution is 2.23. The quantitative estimate of drug-likeness (QED) is 0.797. The van der Waals surface area contributed by atoms with Gasteiger partial charge in [0.1, 0.15) is 0 Å². The van der Waals surface area contributed by atoms with E-state index in [-0.39, 0.29) is 17.1 Å². The van der Waals surface area contributed by atoms with Gasteiger partial charge in [0.05, 0.1) is 23.1 Å².